The number of terminal acetylenes is 1. The molecule has 1 atom stereocenters. The van der Waals surface area contributed by atoms with Crippen molar-refractivity contribution in [3.63, 3.8) is 0 Å². The molecule has 0 radical (unpaired) electrons. The summed E-state index contributed by atoms with van der Waals surface area (Å²) >= 11 is 0. The molecule has 4 heteroatoms. The van der Waals surface area contributed by atoms with Gasteiger partial charge >= 0.3 is 0 Å². The minimum absolute atomic E-state index is 0.729. The van der Waals surface area contributed by atoms with Crippen LogP contribution in [0.2, 0.25) is 0 Å². The van der Waals surface area contributed by atoms with Crippen LogP contribution in [0.1, 0.15) is 11.7 Å². The fourth-order valence-corrected chi connectivity index (χ4v) is 2.91. The molecule has 0 aliphatic carbocycles. The van der Waals surface area contributed by atoms with E-state index in [1.165, 1.54) is 0 Å². The second-order valence-corrected chi connectivity index (χ2v) is 5.67. The highest BCUT2D eigenvalue weighted by atomic mass is 16.5. The fourth-order valence-electron chi connectivity index (χ4n) is 2.91. The predicted octanol–water partition coefficient (Wildman–Crippen LogP) is 2.87. The van der Waals surface area contributed by atoms with Gasteiger partial charge in [-0.15, -0.1) is 6.42 Å². The highest BCUT2D eigenvalue weighted by molar-refractivity contribution is 5.73. The summed E-state index contributed by atoms with van der Waals surface area (Å²) in [5.41, 5.74) is 3.78. The van der Waals surface area contributed by atoms with E-state index in [0.29, 0.717) is 0 Å². The summed E-state index contributed by atoms with van der Waals surface area (Å²) in [6.07, 6.45) is 4.50. The van der Waals surface area contributed by atoms with Gasteiger partial charge in [0.15, 0.2) is 0 Å². The first-order chi connectivity index (χ1) is 11.7. The third-order valence-electron chi connectivity index (χ3n) is 4.27. The molecular formula is C20H21NO3. The highest BCUT2D eigenvalue weighted by Gasteiger charge is 2.16. The van der Waals surface area contributed by atoms with E-state index in [9.17, 15) is 5.11 Å². The molecule has 1 unspecified atom stereocenters. The van der Waals surface area contributed by atoms with E-state index in [1.807, 2.05) is 36.4 Å². The minimum atomic E-state index is -0.930. The van der Waals surface area contributed by atoms with Crippen LogP contribution in [0.5, 0.6) is 5.75 Å². The third kappa shape index (κ3) is 3.38. The van der Waals surface area contributed by atoms with E-state index in [0.717, 1.165) is 54.4 Å². The summed E-state index contributed by atoms with van der Waals surface area (Å²) in [4.78, 5) is 2.28. The van der Waals surface area contributed by atoms with Crippen LogP contribution in [0.15, 0.2) is 42.5 Å². The van der Waals surface area contributed by atoms with Crippen molar-refractivity contribution in [2.24, 2.45) is 0 Å². The zero-order valence-corrected chi connectivity index (χ0v) is 13.7. The topological polar surface area (TPSA) is 41.9 Å². The van der Waals surface area contributed by atoms with E-state index in [2.05, 4.69) is 16.9 Å². The number of ether oxygens (including phenoxy) is 2. The molecule has 124 valence electrons. The molecule has 0 amide bonds. The Morgan fingerprint density at radius 3 is 2.50 bits per heavy atom. The standard InChI is InChI=1S/C20H21NO3/c1-3-20(22)18-9-6-16(21-10-12-24-13-11-21)14-19(18)15-4-7-17(23-2)8-5-15/h1,4-9,14,20,22H,10-13H2,2H3. The normalized spacial score (nSPS) is 15.6. The number of methoxy groups -OCH3 is 1. The number of aliphatic hydroxyl groups is 1. The lowest BCUT2D eigenvalue weighted by atomic mass is 9.95. The van der Waals surface area contributed by atoms with Crippen molar-refractivity contribution in [1.82, 2.24) is 0 Å². The number of hydrogen-bond donors (Lipinski definition) is 1. The van der Waals surface area contributed by atoms with Crippen molar-refractivity contribution in [2.75, 3.05) is 38.3 Å². The van der Waals surface area contributed by atoms with Gasteiger partial charge in [-0.2, -0.15) is 0 Å². The van der Waals surface area contributed by atoms with Crippen LogP contribution in [0.4, 0.5) is 5.69 Å². The Morgan fingerprint density at radius 1 is 1.17 bits per heavy atom. The summed E-state index contributed by atoms with van der Waals surface area (Å²) < 4.78 is 10.6. The van der Waals surface area contributed by atoms with Crippen LogP contribution in [0.3, 0.4) is 0 Å². The smallest absolute Gasteiger partial charge is 0.140 e. The Balaban J connectivity index is 2.03. The Bertz CT molecular complexity index is 728. The number of aliphatic hydroxyl groups excluding tert-OH is 1. The molecule has 0 bridgehead atoms. The Labute approximate surface area is 142 Å². The average Bonchev–Trinajstić information content (AvgIpc) is 2.67. The summed E-state index contributed by atoms with van der Waals surface area (Å²) in [5.74, 6) is 3.20. The summed E-state index contributed by atoms with van der Waals surface area (Å²) in [6, 6.07) is 13.8. The molecular weight excluding hydrogens is 302 g/mol. The molecule has 4 nitrogen and oxygen atoms in total. The molecule has 1 aliphatic rings. The predicted molar refractivity (Wildman–Crippen MR) is 95.3 cm³/mol. The summed E-state index contributed by atoms with van der Waals surface area (Å²) in [5, 5.41) is 10.2. The lowest BCUT2D eigenvalue weighted by Gasteiger charge is -2.29. The average molecular weight is 323 g/mol. The number of benzene rings is 2. The maximum Gasteiger partial charge on any atom is 0.140 e. The van der Waals surface area contributed by atoms with Gasteiger partial charge in [0.1, 0.15) is 11.9 Å². The van der Waals surface area contributed by atoms with Crippen LogP contribution in [0, 0.1) is 12.3 Å². The van der Waals surface area contributed by atoms with Gasteiger partial charge in [0.05, 0.1) is 20.3 Å². The fraction of sp³-hybridized carbons (Fsp3) is 0.300. The molecule has 0 spiro atoms. The van der Waals surface area contributed by atoms with E-state index >= 15 is 0 Å². The number of morpholine rings is 1. The quantitative estimate of drug-likeness (QED) is 0.879. The van der Waals surface area contributed by atoms with Crippen molar-refractivity contribution >= 4 is 5.69 Å². The van der Waals surface area contributed by atoms with Crippen molar-refractivity contribution in [1.29, 1.82) is 0 Å². The number of nitrogens with zero attached hydrogens (tertiary/aromatic N) is 1. The van der Waals surface area contributed by atoms with Crippen LogP contribution in [-0.4, -0.2) is 38.5 Å². The summed E-state index contributed by atoms with van der Waals surface area (Å²) in [7, 11) is 1.64. The SMILES string of the molecule is C#CC(O)c1ccc(N2CCOCC2)cc1-c1ccc(OC)cc1. The van der Waals surface area contributed by atoms with Crippen molar-refractivity contribution < 1.29 is 14.6 Å². The van der Waals surface area contributed by atoms with Gasteiger partial charge in [0.25, 0.3) is 0 Å². The van der Waals surface area contributed by atoms with Crippen LogP contribution in [0.25, 0.3) is 11.1 Å². The molecule has 24 heavy (non-hydrogen) atoms. The van der Waals surface area contributed by atoms with Crippen molar-refractivity contribution in [3.8, 4) is 29.2 Å². The third-order valence-corrected chi connectivity index (χ3v) is 4.27. The van der Waals surface area contributed by atoms with Gasteiger partial charge < -0.3 is 19.5 Å². The molecule has 1 aliphatic heterocycles. The van der Waals surface area contributed by atoms with E-state index in [4.69, 9.17) is 15.9 Å². The second kappa shape index (κ2) is 7.39. The Hall–Kier alpha value is -2.48. The molecule has 1 saturated heterocycles. The monoisotopic (exact) mass is 323 g/mol. The molecule has 0 saturated carbocycles. The Morgan fingerprint density at radius 2 is 1.88 bits per heavy atom. The van der Waals surface area contributed by atoms with E-state index in [1.54, 1.807) is 7.11 Å². The minimum Gasteiger partial charge on any atom is -0.497 e. The first-order valence-corrected chi connectivity index (χ1v) is 7.98. The van der Waals surface area contributed by atoms with Gasteiger partial charge in [0.2, 0.25) is 0 Å². The molecule has 0 aromatic heterocycles. The molecule has 3 rings (SSSR count). The largest absolute Gasteiger partial charge is 0.497 e. The highest BCUT2D eigenvalue weighted by Crippen LogP contribution is 2.33. The lowest BCUT2D eigenvalue weighted by molar-refractivity contribution is 0.122. The van der Waals surface area contributed by atoms with Crippen LogP contribution >= 0.6 is 0 Å². The molecule has 2 aromatic carbocycles. The molecule has 1 N–H and O–H groups in total. The molecule has 1 fully saturated rings. The lowest BCUT2D eigenvalue weighted by Crippen LogP contribution is -2.36. The van der Waals surface area contributed by atoms with Gasteiger partial charge in [0, 0.05) is 24.3 Å². The van der Waals surface area contributed by atoms with Crippen LogP contribution in [-0.2, 0) is 4.74 Å². The number of hydrogen-bond acceptors (Lipinski definition) is 4. The summed E-state index contributed by atoms with van der Waals surface area (Å²) in [6.45, 7) is 3.18. The van der Waals surface area contributed by atoms with Gasteiger partial charge in [-0.3, -0.25) is 0 Å². The molecule has 2 aromatic rings. The number of anilines is 1. The maximum atomic E-state index is 10.2. The van der Waals surface area contributed by atoms with E-state index < -0.39 is 6.10 Å². The maximum absolute atomic E-state index is 10.2. The number of rotatable bonds is 4. The van der Waals surface area contributed by atoms with E-state index in [-0.39, 0.29) is 0 Å². The first-order valence-electron chi connectivity index (χ1n) is 7.98. The van der Waals surface area contributed by atoms with Gasteiger partial charge in [-0.1, -0.05) is 24.1 Å². The van der Waals surface area contributed by atoms with Gasteiger partial charge in [-0.05, 0) is 35.4 Å². The van der Waals surface area contributed by atoms with Crippen molar-refractivity contribution in [3.05, 3.63) is 48.0 Å². The zero-order valence-electron chi connectivity index (χ0n) is 13.7. The second-order valence-electron chi connectivity index (χ2n) is 5.67. The molecule has 1 heterocycles. The van der Waals surface area contributed by atoms with Crippen molar-refractivity contribution in [2.45, 2.75) is 6.10 Å². The van der Waals surface area contributed by atoms with Crippen LogP contribution < -0.4 is 9.64 Å². The Kier molecular flexibility index (Phi) is 5.05. The van der Waals surface area contributed by atoms with Gasteiger partial charge in [-0.25, -0.2) is 0 Å². The zero-order chi connectivity index (χ0) is 16.9. The first kappa shape index (κ1) is 16.4.